The van der Waals surface area contributed by atoms with Crippen LogP contribution in [0.4, 0.5) is 0 Å². The van der Waals surface area contributed by atoms with E-state index in [9.17, 15) is 4.79 Å². The summed E-state index contributed by atoms with van der Waals surface area (Å²) in [4.78, 5) is 12.0. The maximum absolute atomic E-state index is 12.0. The summed E-state index contributed by atoms with van der Waals surface area (Å²) in [6.07, 6.45) is 1.73. The standard InChI is InChI=1S/C14H16BrN3O/c1-10-13(9-18(2)17-10)14(19)16-8-12-5-3-11(7-15)4-6-12/h3-6,9H,7-8H2,1-2H3,(H,16,19). The zero-order valence-electron chi connectivity index (χ0n) is 11.0. The summed E-state index contributed by atoms with van der Waals surface area (Å²) in [7, 11) is 1.81. The number of halogens is 1. The van der Waals surface area contributed by atoms with Crippen molar-refractivity contribution in [2.45, 2.75) is 18.8 Å². The molecule has 2 rings (SSSR count). The number of rotatable bonds is 4. The van der Waals surface area contributed by atoms with Crippen LogP contribution in [-0.2, 0) is 18.9 Å². The van der Waals surface area contributed by atoms with Crippen LogP contribution in [0.25, 0.3) is 0 Å². The summed E-state index contributed by atoms with van der Waals surface area (Å²) in [5.74, 6) is -0.0878. The van der Waals surface area contributed by atoms with Crippen molar-refractivity contribution in [3.05, 3.63) is 52.8 Å². The quantitative estimate of drug-likeness (QED) is 0.880. The SMILES string of the molecule is Cc1nn(C)cc1C(=O)NCc1ccc(CBr)cc1. The number of nitrogens with zero attached hydrogens (tertiary/aromatic N) is 2. The maximum Gasteiger partial charge on any atom is 0.255 e. The molecule has 5 heteroatoms. The largest absolute Gasteiger partial charge is 0.348 e. The minimum Gasteiger partial charge on any atom is -0.348 e. The first kappa shape index (κ1) is 13.8. The van der Waals surface area contributed by atoms with Crippen molar-refractivity contribution in [3.63, 3.8) is 0 Å². The van der Waals surface area contributed by atoms with Gasteiger partial charge in [0, 0.05) is 25.1 Å². The third kappa shape index (κ3) is 3.44. The zero-order chi connectivity index (χ0) is 13.8. The lowest BCUT2D eigenvalue weighted by atomic mass is 10.1. The second-order valence-electron chi connectivity index (χ2n) is 4.43. The van der Waals surface area contributed by atoms with E-state index in [1.165, 1.54) is 5.56 Å². The van der Waals surface area contributed by atoms with Crippen LogP contribution in [0.5, 0.6) is 0 Å². The maximum atomic E-state index is 12.0. The predicted octanol–water partition coefficient (Wildman–Crippen LogP) is 2.55. The Morgan fingerprint density at radius 3 is 2.47 bits per heavy atom. The Labute approximate surface area is 120 Å². The van der Waals surface area contributed by atoms with Gasteiger partial charge in [-0.2, -0.15) is 5.10 Å². The molecule has 0 fully saturated rings. The molecule has 2 aromatic rings. The van der Waals surface area contributed by atoms with Gasteiger partial charge < -0.3 is 5.32 Å². The molecule has 0 aliphatic heterocycles. The lowest BCUT2D eigenvalue weighted by molar-refractivity contribution is 0.0950. The summed E-state index contributed by atoms with van der Waals surface area (Å²) in [5, 5.41) is 7.91. The number of hydrogen-bond acceptors (Lipinski definition) is 2. The molecule has 0 saturated carbocycles. The topological polar surface area (TPSA) is 46.9 Å². The van der Waals surface area contributed by atoms with Crippen molar-refractivity contribution in [3.8, 4) is 0 Å². The number of hydrogen-bond donors (Lipinski definition) is 1. The molecular formula is C14H16BrN3O. The van der Waals surface area contributed by atoms with E-state index >= 15 is 0 Å². The molecule has 1 aromatic heterocycles. The monoisotopic (exact) mass is 321 g/mol. The van der Waals surface area contributed by atoms with Crippen molar-refractivity contribution >= 4 is 21.8 Å². The van der Waals surface area contributed by atoms with E-state index < -0.39 is 0 Å². The van der Waals surface area contributed by atoms with Crippen LogP contribution >= 0.6 is 15.9 Å². The van der Waals surface area contributed by atoms with Gasteiger partial charge in [0.25, 0.3) is 5.91 Å². The lowest BCUT2D eigenvalue weighted by Gasteiger charge is -2.05. The molecule has 0 unspecified atom stereocenters. The van der Waals surface area contributed by atoms with E-state index in [-0.39, 0.29) is 5.91 Å². The van der Waals surface area contributed by atoms with Gasteiger partial charge in [0.05, 0.1) is 11.3 Å². The van der Waals surface area contributed by atoms with Gasteiger partial charge >= 0.3 is 0 Å². The molecule has 1 amide bonds. The van der Waals surface area contributed by atoms with Gasteiger partial charge in [-0.1, -0.05) is 40.2 Å². The molecule has 1 aromatic carbocycles. The van der Waals surface area contributed by atoms with Crippen molar-refractivity contribution in [2.24, 2.45) is 7.05 Å². The molecule has 19 heavy (non-hydrogen) atoms. The molecule has 0 aliphatic carbocycles. The van der Waals surface area contributed by atoms with Gasteiger partial charge in [-0.05, 0) is 18.1 Å². The minimum atomic E-state index is -0.0878. The average Bonchev–Trinajstić information content (AvgIpc) is 2.75. The molecule has 100 valence electrons. The van der Waals surface area contributed by atoms with Gasteiger partial charge in [0.1, 0.15) is 0 Å². The molecule has 0 spiro atoms. The fraction of sp³-hybridized carbons (Fsp3) is 0.286. The van der Waals surface area contributed by atoms with E-state index in [0.29, 0.717) is 12.1 Å². The summed E-state index contributed by atoms with van der Waals surface area (Å²) in [6, 6.07) is 8.14. The van der Waals surface area contributed by atoms with E-state index in [1.54, 1.807) is 10.9 Å². The van der Waals surface area contributed by atoms with Crippen molar-refractivity contribution in [1.82, 2.24) is 15.1 Å². The summed E-state index contributed by atoms with van der Waals surface area (Å²) in [5.41, 5.74) is 3.67. The molecule has 0 aliphatic rings. The van der Waals surface area contributed by atoms with Crippen LogP contribution in [0, 0.1) is 6.92 Å². The van der Waals surface area contributed by atoms with E-state index in [1.807, 2.05) is 38.2 Å². The Morgan fingerprint density at radius 2 is 1.95 bits per heavy atom. The highest BCUT2D eigenvalue weighted by molar-refractivity contribution is 9.08. The lowest BCUT2D eigenvalue weighted by Crippen LogP contribution is -2.23. The number of nitrogens with one attached hydrogen (secondary N) is 1. The molecule has 1 N–H and O–H groups in total. The van der Waals surface area contributed by atoms with Crippen molar-refractivity contribution in [2.75, 3.05) is 0 Å². The Balaban J connectivity index is 1.98. The van der Waals surface area contributed by atoms with Crippen LogP contribution in [-0.4, -0.2) is 15.7 Å². The molecule has 4 nitrogen and oxygen atoms in total. The number of carbonyl (C=O) groups is 1. The highest BCUT2D eigenvalue weighted by Gasteiger charge is 2.11. The van der Waals surface area contributed by atoms with Crippen LogP contribution in [0.1, 0.15) is 27.2 Å². The second kappa shape index (κ2) is 6.02. The highest BCUT2D eigenvalue weighted by Crippen LogP contribution is 2.09. The Morgan fingerprint density at radius 1 is 1.32 bits per heavy atom. The molecule has 0 bridgehead atoms. The van der Waals surface area contributed by atoms with E-state index in [4.69, 9.17) is 0 Å². The number of aromatic nitrogens is 2. The normalized spacial score (nSPS) is 10.5. The molecule has 0 atom stereocenters. The molecule has 0 radical (unpaired) electrons. The molecular weight excluding hydrogens is 306 g/mol. The first-order valence-electron chi connectivity index (χ1n) is 6.02. The fourth-order valence-corrected chi connectivity index (χ4v) is 2.22. The first-order chi connectivity index (χ1) is 9.10. The summed E-state index contributed by atoms with van der Waals surface area (Å²) in [6.45, 7) is 2.36. The zero-order valence-corrected chi connectivity index (χ0v) is 12.6. The summed E-state index contributed by atoms with van der Waals surface area (Å²) >= 11 is 3.41. The number of benzene rings is 1. The highest BCUT2D eigenvalue weighted by atomic mass is 79.9. The Hall–Kier alpha value is -1.62. The number of carbonyl (C=O) groups excluding carboxylic acids is 1. The number of alkyl halides is 1. The predicted molar refractivity (Wildman–Crippen MR) is 78.2 cm³/mol. The van der Waals surface area contributed by atoms with Gasteiger partial charge in [-0.15, -0.1) is 0 Å². The molecule has 0 saturated heterocycles. The average molecular weight is 322 g/mol. The summed E-state index contributed by atoms with van der Waals surface area (Å²) < 4.78 is 1.65. The third-order valence-corrected chi connectivity index (χ3v) is 3.54. The van der Waals surface area contributed by atoms with Gasteiger partial charge in [0.2, 0.25) is 0 Å². The van der Waals surface area contributed by atoms with Gasteiger partial charge in [-0.3, -0.25) is 9.48 Å². The Kier molecular flexibility index (Phi) is 4.37. The van der Waals surface area contributed by atoms with Gasteiger partial charge in [0.15, 0.2) is 0 Å². The van der Waals surface area contributed by atoms with Crippen molar-refractivity contribution < 1.29 is 4.79 Å². The number of aryl methyl sites for hydroxylation is 2. The van der Waals surface area contributed by atoms with E-state index in [2.05, 4.69) is 26.3 Å². The fourth-order valence-electron chi connectivity index (χ4n) is 1.85. The smallest absolute Gasteiger partial charge is 0.255 e. The van der Waals surface area contributed by atoms with Gasteiger partial charge in [-0.25, -0.2) is 0 Å². The van der Waals surface area contributed by atoms with Crippen LogP contribution in [0.2, 0.25) is 0 Å². The van der Waals surface area contributed by atoms with Crippen LogP contribution in [0.15, 0.2) is 30.5 Å². The second-order valence-corrected chi connectivity index (χ2v) is 5.00. The first-order valence-corrected chi connectivity index (χ1v) is 7.14. The van der Waals surface area contributed by atoms with Crippen molar-refractivity contribution in [1.29, 1.82) is 0 Å². The van der Waals surface area contributed by atoms with E-state index in [0.717, 1.165) is 16.6 Å². The Bertz CT molecular complexity index is 575. The van der Waals surface area contributed by atoms with Crippen LogP contribution < -0.4 is 5.32 Å². The molecule has 1 heterocycles. The van der Waals surface area contributed by atoms with Crippen LogP contribution in [0.3, 0.4) is 0 Å². The minimum absolute atomic E-state index is 0.0878. The third-order valence-electron chi connectivity index (χ3n) is 2.89. The number of amides is 1.